The van der Waals surface area contributed by atoms with Crippen molar-refractivity contribution in [2.45, 2.75) is 46.5 Å². The molecule has 0 spiro atoms. The summed E-state index contributed by atoms with van der Waals surface area (Å²) in [6.45, 7) is 6.91. The second-order valence-corrected chi connectivity index (χ2v) is 6.74. The normalized spacial score (nSPS) is 15.3. The van der Waals surface area contributed by atoms with Crippen molar-refractivity contribution in [1.82, 2.24) is 4.90 Å². The Bertz CT molecular complexity index is 612. The highest BCUT2D eigenvalue weighted by Crippen LogP contribution is 2.22. The highest BCUT2D eigenvalue weighted by atomic mass is 16.2. The molecule has 136 valence electrons. The number of nitrogens with zero attached hydrogens (tertiary/aromatic N) is 1. The smallest absolute Gasteiger partial charge is 0.227 e. The molecule has 0 aliphatic carbocycles. The van der Waals surface area contributed by atoms with Gasteiger partial charge in [0.1, 0.15) is 0 Å². The van der Waals surface area contributed by atoms with Gasteiger partial charge in [0.25, 0.3) is 0 Å². The first kappa shape index (κ1) is 19.2. The SMILES string of the molecule is CCC(CC)C(=O)N1CCC(C(=O)Nc2ccc(C(C)=O)cc2)CC1. The molecule has 0 unspecified atom stereocenters. The van der Waals surface area contributed by atoms with Crippen LogP contribution in [0.15, 0.2) is 24.3 Å². The van der Waals surface area contributed by atoms with Crippen LogP contribution in [0.4, 0.5) is 5.69 Å². The van der Waals surface area contributed by atoms with Crippen molar-refractivity contribution >= 4 is 23.3 Å². The van der Waals surface area contributed by atoms with Crippen LogP contribution < -0.4 is 5.32 Å². The van der Waals surface area contributed by atoms with Gasteiger partial charge in [-0.25, -0.2) is 0 Å². The van der Waals surface area contributed by atoms with Gasteiger partial charge in [-0.1, -0.05) is 13.8 Å². The molecule has 5 nitrogen and oxygen atoms in total. The fraction of sp³-hybridized carbons (Fsp3) is 0.550. The third kappa shape index (κ3) is 4.91. The van der Waals surface area contributed by atoms with E-state index in [1.165, 1.54) is 6.92 Å². The van der Waals surface area contributed by atoms with Gasteiger partial charge in [0.05, 0.1) is 0 Å². The summed E-state index contributed by atoms with van der Waals surface area (Å²) in [5.74, 6) is 0.254. The molecule has 1 fully saturated rings. The van der Waals surface area contributed by atoms with Crippen molar-refractivity contribution in [2.24, 2.45) is 11.8 Å². The van der Waals surface area contributed by atoms with E-state index in [2.05, 4.69) is 5.32 Å². The van der Waals surface area contributed by atoms with E-state index in [0.717, 1.165) is 12.8 Å². The minimum atomic E-state index is -0.0711. The molecule has 2 rings (SSSR count). The summed E-state index contributed by atoms with van der Waals surface area (Å²) < 4.78 is 0. The standard InChI is InChI=1S/C20H28N2O3/c1-4-15(5-2)20(25)22-12-10-17(11-13-22)19(24)21-18-8-6-16(7-9-18)14(3)23/h6-9,15,17H,4-5,10-13H2,1-3H3,(H,21,24). The summed E-state index contributed by atoms with van der Waals surface area (Å²) in [4.78, 5) is 38.0. The molecule has 0 radical (unpaired) electrons. The fourth-order valence-corrected chi connectivity index (χ4v) is 3.29. The van der Waals surface area contributed by atoms with E-state index in [1.54, 1.807) is 24.3 Å². The van der Waals surface area contributed by atoms with Crippen molar-refractivity contribution in [3.05, 3.63) is 29.8 Å². The molecule has 1 aromatic rings. The zero-order valence-electron chi connectivity index (χ0n) is 15.4. The predicted octanol–water partition coefficient (Wildman–Crippen LogP) is 3.50. The monoisotopic (exact) mass is 344 g/mol. The van der Waals surface area contributed by atoms with E-state index in [1.807, 2.05) is 18.7 Å². The van der Waals surface area contributed by atoms with Gasteiger partial charge in [-0.3, -0.25) is 14.4 Å². The number of nitrogens with one attached hydrogen (secondary N) is 1. The molecular formula is C20H28N2O3. The zero-order valence-corrected chi connectivity index (χ0v) is 15.4. The molecule has 0 atom stereocenters. The highest BCUT2D eigenvalue weighted by molar-refractivity contribution is 5.96. The Hall–Kier alpha value is -2.17. The summed E-state index contributed by atoms with van der Waals surface area (Å²) in [6, 6.07) is 6.93. The Morgan fingerprint density at radius 1 is 1.08 bits per heavy atom. The third-order valence-electron chi connectivity index (χ3n) is 5.07. The molecule has 25 heavy (non-hydrogen) atoms. The number of anilines is 1. The minimum absolute atomic E-state index is 0.00683. The van der Waals surface area contributed by atoms with Crippen molar-refractivity contribution in [3.8, 4) is 0 Å². The topological polar surface area (TPSA) is 66.5 Å². The van der Waals surface area contributed by atoms with Gasteiger partial charge in [0.2, 0.25) is 11.8 Å². The molecule has 2 amide bonds. The summed E-state index contributed by atoms with van der Waals surface area (Å²) in [7, 11) is 0. The van der Waals surface area contributed by atoms with Crippen molar-refractivity contribution < 1.29 is 14.4 Å². The van der Waals surface area contributed by atoms with Crippen LogP contribution in [0.1, 0.15) is 56.8 Å². The third-order valence-corrected chi connectivity index (χ3v) is 5.07. The van der Waals surface area contributed by atoms with Gasteiger partial charge in [-0.15, -0.1) is 0 Å². The van der Waals surface area contributed by atoms with Crippen molar-refractivity contribution in [3.63, 3.8) is 0 Å². The number of benzene rings is 1. The van der Waals surface area contributed by atoms with Crippen LogP contribution >= 0.6 is 0 Å². The molecule has 0 aromatic heterocycles. The predicted molar refractivity (Wildman–Crippen MR) is 98.5 cm³/mol. The maximum Gasteiger partial charge on any atom is 0.227 e. The van der Waals surface area contributed by atoms with Crippen LogP contribution in [-0.4, -0.2) is 35.6 Å². The average Bonchev–Trinajstić information content (AvgIpc) is 2.63. The molecule has 1 heterocycles. The van der Waals surface area contributed by atoms with Gasteiger partial charge >= 0.3 is 0 Å². The fourth-order valence-electron chi connectivity index (χ4n) is 3.29. The number of amides is 2. The lowest BCUT2D eigenvalue weighted by Gasteiger charge is -2.33. The second kappa shape index (κ2) is 8.79. The number of piperidine rings is 1. The Morgan fingerprint density at radius 3 is 2.12 bits per heavy atom. The van der Waals surface area contributed by atoms with Gasteiger partial charge in [-0.2, -0.15) is 0 Å². The molecule has 0 saturated carbocycles. The maximum absolute atomic E-state index is 12.4. The summed E-state index contributed by atoms with van der Waals surface area (Å²) in [5, 5.41) is 2.91. The van der Waals surface area contributed by atoms with E-state index < -0.39 is 0 Å². The summed E-state index contributed by atoms with van der Waals surface area (Å²) in [5.41, 5.74) is 1.33. The Morgan fingerprint density at radius 2 is 1.64 bits per heavy atom. The van der Waals surface area contributed by atoms with E-state index >= 15 is 0 Å². The Balaban J connectivity index is 1.86. The van der Waals surface area contributed by atoms with Crippen LogP contribution in [0.5, 0.6) is 0 Å². The first-order chi connectivity index (χ1) is 12.0. The lowest BCUT2D eigenvalue weighted by molar-refractivity contribution is -0.138. The van der Waals surface area contributed by atoms with Crippen LogP contribution in [0, 0.1) is 11.8 Å². The highest BCUT2D eigenvalue weighted by Gasteiger charge is 2.29. The second-order valence-electron chi connectivity index (χ2n) is 6.74. The number of ketones is 1. The number of carbonyl (C=O) groups is 3. The molecule has 1 aliphatic heterocycles. The van der Waals surface area contributed by atoms with Crippen LogP contribution in [-0.2, 0) is 9.59 Å². The largest absolute Gasteiger partial charge is 0.342 e. The lowest BCUT2D eigenvalue weighted by Crippen LogP contribution is -2.43. The first-order valence-electron chi connectivity index (χ1n) is 9.16. The van der Waals surface area contributed by atoms with E-state index in [0.29, 0.717) is 37.2 Å². The summed E-state index contributed by atoms with van der Waals surface area (Å²) >= 11 is 0. The minimum Gasteiger partial charge on any atom is -0.342 e. The van der Waals surface area contributed by atoms with E-state index in [-0.39, 0.29) is 29.4 Å². The van der Waals surface area contributed by atoms with Crippen LogP contribution in [0.3, 0.4) is 0 Å². The van der Waals surface area contributed by atoms with E-state index in [9.17, 15) is 14.4 Å². The van der Waals surface area contributed by atoms with Crippen LogP contribution in [0.25, 0.3) is 0 Å². The molecule has 1 N–H and O–H groups in total. The number of likely N-dealkylation sites (tertiary alicyclic amines) is 1. The Kier molecular flexibility index (Phi) is 6.73. The van der Waals surface area contributed by atoms with Crippen molar-refractivity contribution in [2.75, 3.05) is 18.4 Å². The van der Waals surface area contributed by atoms with Gasteiger partial charge in [0.15, 0.2) is 5.78 Å². The number of hydrogen-bond donors (Lipinski definition) is 1. The molecule has 5 heteroatoms. The number of carbonyl (C=O) groups excluding carboxylic acids is 3. The van der Waals surface area contributed by atoms with Crippen molar-refractivity contribution in [1.29, 1.82) is 0 Å². The summed E-state index contributed by atoms with van der Waals surface area (Å²) in [6.07, 6.45) is 3.13. The number of Topliss-reactive ketones (excluding diaryl/α,β-unsaturated/α-hetero) is 1. The first-order valence-corrected chi connectivity index (χ1v) is 9.16. The molecule has 1 saturated heterocycles. The number of rotatable bonds is 6. The zero-order chi connectivity index (χ0) is 18.4. The molecule has 1 aliphatic rings. The van der Waals surface area contributed by atoms with Gasteiger partial charge < -0.3 is 10.2 Å². The maximum atomic E-state index is 12.4. The van der Waals surface area contributed by atoms with Crippen LogP contribution in [0.2, 0.25) is 0 Å². The molecular weight excluding hydrogens is 316 g/mol. The molecule has 1 aromatic carbocycles. The number of hydrogen-bond acceptors (Lipinski definition) is 3. The molecule has 0 bridgehead atoms. The quantitative estimate of drug-likeness (QED) is 0.803. The Labute approximate surface area is 149 Å². The van der Waals surface area contributed by atoms with Gasteiger partial charge in [-0.05, 0) is 56.9 Å². The van der Waals surface area contributed by atoms with E-state index in [4.69, 9.17) is 0 Å². The average molecular weight is 344 g/mol. The van der Waals surface area contributed by atoms with Gasteiger partial charge in [0, 0.05) is 36.2 Å². The lowest BCUT2D eigenvalue weighted by atomic mass is 9.93.